The molecule has 2 amide bonds. The van der Waals surface area contributed by atoms with Gasteiger partial charge in [0.05, 0.1) is 6.61 Å². The predicted molar refractivity (Wildman–Crippen MR) is 106 cm³/mol. The molecule has 7 nitrogen and oxygen atoms in total. The summed E-state index contributed by atoms with van der Waals surface area (Å²) in [7, 11) is 0. The van der Waals surface area contributed by atoms with Crippen LogP contribution in [0.3, 0.4) is 0 Å². The maximum atomic E-state index is 12.5. The molecule has 29 heavy (non-hydrogen) atoms. The Labute approximate surface area is 169 Å². The van der Waals surface area contributed by atoms with Crippen LogP contribution < -0.4 is 15.4 Å². The predicted octanol–water partition coefficient (Wildman–Crippen LogP) is 2.38. The summed E-state index contributed by atoms with van der Waals surface area (Å²) in [6, 6.07) is 15.6. The molecule has 0 radical (unpaired) electrons. The van der Waals surface area contributed by atoms with E-state index in [1.165, 1.54) is 0 Å². The molecule has 1 fully saturated rings. The lowest BCUT2D eigenvalue weighted by Gasteiger charge is -2.18. The van der Waals surface area contributed by atoms with Crippen LogP contribution in [0.2, 0.25) is 0 Å². The van der Waals surface area contributed by atoms with Crippen LogP contribution in [0.25, 0.3) is 0 Å². The monoisotopic (exact) mass is 396 g/mol. The first-order valence-electron chi connectivity index (χ1n) is 9.62. The van der Waals surface area contributed by atoms with Crippen molar-refractivity contribution >= 4 is 17.8 Å². The molecule has 0 aromatic heterocycles. The normalized spacial score (nSPS) is 13.8. The Hall–Kier alpha value is -3.35. The highest BCUT2D eigenvalue weighted by Gasteiger charge is 2.30. The SMILES string of the molecule is CCOc1ccc(C(=O)NCC(=O)O[C@@H](C(=O)NC2CC2)c2ccccc2)cc1. The summed E-state index contributed by atoms with van der Waals surface area (Å²) >= 11 is 0. The van der Waals surface area contributed by atoms with Crippen molar-refractivity contribution < 1.29 is 23.9 Å². The van der Waals surface area contributed by atoms with Gasteiger partial charge in [0.2, 0.25) is 6.10 Å². The lowest BCUT2D eigenvalue weighted by Crippen LogP contribution is -2.36. The summed E-state index contributed by atoms with van der Waals surface area (Å²) in [6.45, 7) is 2.07. The first-order valence-corrected chi connectivity index (χ1v) is 9.62. The molecule has 2 aromatic carbocycles. The standard InChI is InChI=1S/C22H24N2O5/c1-2-28-18-12-8-16(9-13-18)21(26)23-14-19(25)29-20(15-6-4-3-5-7-15)22(27)24-17-10-11-17/h3-9,12-13,17,20H,2,10-11,14H2,1H3,(H,23,26)(H,24,27)/t20-/m1/s1. The first kappa shape index (κ1) is 20.4. The molecule has 0 heterocycles. The molecule has 1 saturated carbocycles. The maximum Gasteiger partial charge on any atom is 0.326 e. The minimum atomic E-state index is -1.05. The zero-order chi connectivity index (χ0) is 20.6. The van der Waals surface area contributed by atoms with Crippen molar-refractivity contribution in [3.63, 3.8) is 0 Å². The number of carbonyl (C=O) groups is 3. The number of hydrogen-bond acceptors (Lipinski definition) is 5. The number of ether oxygens (including phenoxy) is 2. The highest BCUT2D eigenvalue weighted by atomic mass is 16.5. The van der Waals surface area contributed by atoms with Crippen LogP contribution in [-0.4, -0.2) is 37.0 Å². The quantitative estimate of drug-likeness (QED) is 0.635. The number of rotatable bonds is 9. The molecular weight excluding hydrogens is 372 g/mol. The molecule has 2 N–H and O–H groups in total. The van der Waals surface area contributed by atoms with Gasteiger partial charge in [-0.05, 0) is 44.0 Å². The molecular formula is C22H24N2O5. The van der Waals surface area contributed by atoms with Crippen LogP contribution in [0, 0.1) is 0 Å². The lowest BCUT2D eigenvalue weighted by molar-refractivity contribution is -0.155. The van der Waals surface area contributed by atoms with E-state index in [1.807, 2.05) is 13.0 Å². The van der Waals surface area contributed by atoms with E-state index in [0.717, 1.165) is 12.8 Å². The van der Waals surface area contributed by atoms with E-state index in [9.17, 15) is 14.4 Å². The second-order valence-corrected chi connectivity index (χ2v) is 6.70. The summed E-state index contributed by atoms with van der Waals surface area (Å²) in [5, 5.41) is 5.36. The Morgan fingerprint density at radius 3 is 2.34 bits per heavy atom. The van der Waals surface area contributed by atoms with E-state index in [4.69, 9.17) is 9.47 Å². The van der Waals surface area contributed by atoms with Crippen LogP contribution in [0.1, 0.15) is 41.8 Å². The molecule has 0 aliphatic heterocycles. The zero-order valence-electron chi connectivity index (χ0n) is 16.2. The summed E-state index contributed by atoms with van der Waals surface area (Å²) in [5.41, 5.74) is 0.976. The van der Waals surface area contributed by atoms with Crippen LogP contribution >= 0.6 is 0 Å². The van der Waals surface area contributed by atoms with Crippen molar-refractivity contribution in [2.75, 3.05) is 13.2 Å². The molecule has 1 aliphatic carbocycles. The third-order valence-electron chi connectivity index (χ3n) is 4.33. The summed E-state index contributed by atoms with van der Waals surface area (Å²) in [5.74, 6) is -0.798. The average molecular weight is 396 g/mol. The lowest BCUT2D eigenvalue weighted by atomic mass is 10.1. The van der Waals surface area contributed by atoms with E-state index in [0.29, 0.717) is 23.5 Å². The van der Waals surface area contributed by atoms with E-state index < -0.39 is 18.0 Å². The van der Waals surface area contributed by atoms with Gasteiger partial charge in [-0.3, -0.25) is 14.4 Å². The van der Waals surface area contributed by atoms with Gasteiger partial charge in [-0.25, -0.2) is 0 Å². The smallest absolute Gasteiger partial charge is 0.326 e. The number of amides is 2. The Bertz CT molecular complexity index is 847. The fraction of sp³-hybridized carbons (Fsp3) is 0.318. The highest BCUT2D eigenvalue weighted by Crippen LogP contribution is 2.23. The van der Waals surface area contributed by atoms with Crippen molar-refractivity contribution in [1.82, 2.24) is 10.6 Å². The molecule has 0 bridgehead atoms. The highest BCUT2D eigenvalue weighted by molar-refractivity contribution is 5.96. The average Bonchev–Trinajstić information content (AvgIpc) is 3.55. The van der Waals surface area contributed by atoms with E-state index >= 15 is 0 Å². The molecule has 3 rings (SSSR count). The maximum absolute atomic E-state index is 12.5. The zero-order valence-corrected chi connectivity index (χ0v) is 16.2. The Morgan fingerprint density at radius 1 is 1.03 bits per heavy atom. The fourth-order valence-corrected chi connectivity index (χ4v) is 2.70. The minimum absolute atomic E-state index is 0.145. The second kappa shape index (κ2) is 9.73. The topological polar surface area (TPSA) is 93.7 Å². The third kappa shape index (κ3) is 6.07. The van der Waals surface area contributed by atoms with Crippen molar-refractivity contribution in [2.45, 2.75) is 31.9 Å². The number of benzene rings is 2. The molecule has 0 unspecified atom stereocenters. The van der Waals surface area contributed by atoms with Gasteiger partial charge in [0.25, 0.3) is 11.8 Å². The van der Waals surface area contributed by atoms with E-state index in [2.05, 4.69) is 10.6 Å². The molecule has 7 heteroatoms. The van der Waals surface area contributed by atoms with Crippen LogP contribution in [0.15, 0.2) is 54.6 Å². The van der Waals surface area contributed by atoms with Gasteiger partial charge in [-0.1, -0.05) is 30.3 Å². The summed E-state index contributed by atoms with van der Waals surface area (Å²) in [6.07, 6.45) is 0.810. The van der Waals surface area contributed by atoms with Gasteiger partial charge in [-0.2, -0.15) is 0 Å². The second-order valence-electron chi connectivity index (χ2n) is 6.70. The number of hydrogen-bond donors (Lipinski definition) is 2. The Kier molecular flexibility index (Phi) is 6.84. The molecule has 1 aliphatic rings. The molecule has 152 valence electrons. The summed E-state index contributed by atoms with van der Waals surface area (Å²) < 4.78 is 10.7. The van der Waals surface area contributed by atoms with Crippen LogP contribution in [0.5, 0.6) is 5.75 Å². The van der Waals surface area contributed by atoms with Gasteiger partial charge < -0.3 is 20.1 Å². The van der Waals surface area contributed by atoms with Crippen molar-refractivity contribution in [3.8, 4) is 5.75 Å². The van der Waals surface area contributed by atoms with E-state index in [-0.39, 0.29) is 18.5 Å². The van der Waals surface area contributed by atoms with Gasteiger partial charge >= 0.3 is 5.97 Å². The third-order valence-corrected chi connectivity index (χ3v) is 4.33. The van der Waals surface area contributed by atoms with Gasteiger partial charge in [0.1, 0.15) is 12.3 Å². The van der Waals surface area contributed by atoms with Gasteiger partial charge in [-0.15, -0.1) is 0 Å². The largest absolute Gasteiger partial charge is 0.494 e. The molecule has 0 saturated heterocycles. The van der Waals surface area contributed by atoms with Crippen molar-refractivity contribution in [3.05, 3.63) is 65.7 Å². The Balaban J connectivity index is 1.56. The summed E-state index contributed by atoms with van der Waals surface area (Å²) in [4.78, 5) is 37.0. The van der Waals surface area contributed by atoms with Crippen LogP contribution in [-0.2, 0) is 14.3 Å². The molecule has 1 atom stereocenters. The van der Waals surface area contributed by atoms with Crippen molar-refractivity contribution in [2.24, 2.45) is 0 Å². The minimum Gasteiger partial charge on any atom is -0.494 e. The fourth-order valence-electron chi connectivity index (χ4n) is 2.70. The van der Waals surface area contributed by atoms with E-state index in [1.54, 1.807) is 48.5 Å². The molecule has 2 aromatic rings. The van der Waals surface area contributed by atoms with Gasteiger partial charge in [0, 0.05) is 17.2 Å². The first-order chi connectivity index (χ1) is 14.1. The van der Waals surface area contributed by atoms with Crippen LogP contribution in [0.4, 0.5) is 0 Å². The van der Waals surface area contributed by atoms with Gasteiger partial charge in [0.15, 0.2) is 0 Å². The van der Waals surface area contributed by atoms with Crippen molar-refractivity contribution in [1.29, 1.82) is 0 Å². The Morgan fingerprint density at radius 2 is 1.72 bits per heavy atom. The number of esters is 1. The molecule has 0 spiro atoms. The number of nitrogens with one attached hydrogen (secondary N) is 2. The number of carbonyl (C=O) groups excluding carboxylic acids is 3.